The van der Waals surface area contributed by atoms with Crippen LogP contribution >= 0.6 is 0 Å². The molecule has 1 aliphatic rings. The van der Waals surface area contributed by atoms with Crippen LogP contribution in [0.1, 0.15) is 13.8 Å². The van der Waals surface area contributed by atoms with E-state index < -0.39 is 28.7 Å². The van der Waals surface area contributed by atoms with E-state index in [0.717, 1.165) is 0 Å². The molecule has 13 heavy (non-hydrogen) atoms. The Morgan fingerprint density at radius 1 is 1.31 bits per heavy atom. The Hall–Kier alpha value is -1.57. The van der Waals surface area contributed by atoms with Crippen molar-refractivity contribution < 1.29 is 19.8 Å². The SMILES string of the molecule is CC1(C)C(C#N)C1(C(=O)O)C(=O)O. The van der Waals surface area contributed by atoms with Gasteiger partial charge in [-0.2, -0.15) is 5.26 Å². The molecule has 1 atom stereocenters. The maximum Gasteiger partial charge on any atom is 0.323 e. The van der Waals surface area contributed by atoms with E-state index in [-0.39, 0.29) is 0 Å². The average molecular weight is 183 g/mol. The van der Waals surface area contributed by atoms with Gasteiger partial charge in [0, 0.05) is 5.41 Å². The Kier molecular flexibility index (Phi) is 1.63. The fraction of sp³-hybridized carbons (Fsp3) is 0.625. The zero-order valence-corrected chi connectivity index (χ0v) is 7.24. The highest BCUT2D eigenvalue weighted by Crippen LogP contribution is 2.68. The van der Waals surface area contributed by atoms with Crippen molar-refractivity contribution in [1.29, 1.82) is 5.26 Å². The van der Waals surface area contributed by atoms with Crippen molar-refractivity contribution in [2.24, 2.45) is 16.7 Å². The molecule has 0 aliphatic heterocycles. The van der Waals surface area contributed by atoms with Gasteiger partial charge in [0.15, 0.2) is 5.41 Å². The lowest BCUT2D eigenvalue weighted by atomic mass is 9.96. The third kappa shape index (κ3) is 0.750. The Morgan fingerprint density at radius 2 is 1.69 bits per heavy atom. The molecular formula is C8H9NO4. The van der Waals surface area contributed by atoms with Gasteiger partial charge in [-0.15, -0.1) is 0 Å². The molecule has 0 aromatic heterocycles. The number of carbonyl (C=O) groups is 2. The largest absolute Gasteiger partial charge is 0.480 e. The minimum atomic E-state index is -1.91. The van der Waals surface area contributed by atoms with Gasteiger partial charge in [0.25, 0.3) is 0 Å². The molecule has 1 unspecified atom stereocenters. The highest BCUT2D eigenvalue weighted by molar-refractivity contribution is 6.04. The van der Waals surface area contributed by atoms with Crippen LogP contribution in [0.4, 0.5) is 0 Å². The summed E-state index contributed by atoms with van der Waals surface area (Å²) in [7, 11) is 0. The number of carboxylic acid groups (broad SMARTS) is 2. The van der Waals surface area contributed by atoms with E-state index >= 15 is 0 Å². The van der Waals surface area contributed by atoms with Gasteiger partial charge in [0.2, 0.25) is 0 Å². The maximum atomic E-state index is 10.8. The van der Waals surface area contributed by atoms with Gasteiger partial charge in [-0.05, 0) is 0 Å². The van der Waals surface area contributed by atoms with E-state index in [2.05, 4.69) is 0 Å². The van der Waals surface area contributed by atoms with Crippen LogP contribution < -0.4 is 0 Å². The predicted octanol–water partition coefficient (Wildman–Crippen LogP) is 0.322. The van der Waals surface area contributed by atoms with Crippen LogP contribution in [0.3, 0.4) is 0 Å². The Balaban J connectivity index is 3.22. The first-order valence-electron chi connectivity index (χ1n) is 3.70. The minimum Gasteiger partial charge on any atom is -0.480 e. The van der Waals surface area contributed by atoms with Crippen LogP contribution in [0.15, 0.2) is 0 Å². The first-order valence-corrected chi connectivity index (χ1v) is 3.70. The maximum absolute atomic E-state index is 10.8. The molecule has 5 nitrogen and oxygen atoms in total. The minimum absolute atomic E-state index is 0.949. The molecule has 2 N–H and O–H groups in total. The number of hydrogen-bond donors (Lipinski definition) is 2. The molecule has 1 fully saturated rings. The quantitative estimate of drug-likeness (QED) is 0.600. The van der Waals surface area contributed by atoms with Crippen molar-refractivity contribution in [3.63, 3.8) is 0 Å². The van der Waals surface area contributed by atoms with Crippen molar-refractivity contribution in [2.45, 2.75) is 13.8 Å². The smallest absolute Gasteiger partial charge is 0.323 e. The number of carboxylic acids is 2. The van der Waals surface area contributed by atoms with Gasteiger partial charge >= 0.3 is 11.9 Å². The molecule has 0 aromatic carbocycles. The van der Waals surface area contributed by atoms with Crippen molar-refractivity contribution in [3.05, 3.63) is 0 Å². The Bertz CT molecular complexity index is 312. The van der Waals surface area contributed by atoms with Crippen LogP contribution in [-0.2, 0) is 9.59 Å². The average Bonchev–Trinajstić information content (AvgIpc) is 2.47. The predicted molar refractivity (Wildman–Crippen MR) is 40.6 cm³/mol. The van der Waals surface area contributed by atoms with Crippen LogP contribution in [0, 0.1) is 28.1 Å². The monoisotopic (exact) mass is 183 g/mol. The zero-order valence-electron chi connectivity index (χ0n) is 7.24. The summed E-state index contributed by atoms with van der Waals surface area (Å²) in [6, 6.07) is 1.72. The van der Waals surface area contributed by atoms with Gasteiger partial charge in [-0.25, -0.2) is 0 Å². The number of nitrogens with zero attached hydrogens (tertiary/aromatic N) is 1. The molecule has 0 bridgehead atoms. The van der Waals surface area contributed by atoms with E-state index in [4.69, 9.17) is 15.5 Å². The third-order valence-corrected chi connectivity index (χ3v) is 2.89. The fourth-order valence-corrected chi connectivity index (χ4v) is 1.91. The standard InChI is InChI=1S/C8H9NO4/c1-7(2)4(3-9)8(7,5(10)11)6(12)13/h4H,1-2H3,(H,10,11)(H,12,13). The van der Waals surface area contributed by atoms with Crippen LogP contribution in [0.2, 0.25) is 0 Å². The molecule has 1 rings (SSSR count). The summed E-state index contributed by atoms with van der Waals surface area (Å²) in [5.74, 6) is -3.82. The fourth-order valence-electron chi connectivity index (χ4n) is 1.91. The van der Waals surface area contributed by atoms with Crippen molar-refractivity contribution in [1.82, 2.24) is 0 Å². The topological polar surface area (TPSA) is 98.4 Å². The number of aliphatic carboxylic acids is 2. The number of rotatable bonds is 2. The van der Waals surface area contributed by atoms with Gasteiger partial charge < -0.3 is 10.2 Å². The lowest BCUT2D eigenvalue weighted by molar-refractivity contribution is -0.159. The van der Waals surface area contributed by atoms with Gasteiger partial charge in [0.1, 0.15) is 0 Å². The summed E-state index contributed by atoms with van der Waals surface area (Å²) in [5, 5.41) is 26.2. The van der Waals surface area contributed by atoms with Crippen LogP contribution in [0.25, 0.3) is 0 Å². The summed E-state index contributed by atoms with van der Waals surface area (Å²) in [6.45, 7) is 2.95. The van der Waals surface area contributed by atoms with E-state index in [1.54, 1.807) is 6.07 Å². The molecule has 0 amide bonds. The van der Waals surface area contributed by atoms with Crippen LogP contribution in [-0.4, -0.2) is 22.2 Å². The summed E-state index contributed by atoms with van der Waals surface area (Å²) in [5.41, 5.74) is -2.90. The molecule has 70 valence electrons. The Labute approximate surface area is 74.6 Å². The van der Waals surface area contributed by atoms with E-state index in [0.29, 0.717) is 0 Å². The van der Waals surface area contributed by atoms with E-state index in [9.17, 15) is 9.59 Å². The summed E-state index contributed by atoms with van der Waals surface area (Å²) in [4.78, 5) is 21.6. The summed E-state index contributed by atoms with van der Waals surface area (Å²) >= 11 is 0. The first-order chi connectivity index (χ1) is 5.83. The summed E-state index contributed by atoms with van der Waals surface area (Å²) < 4.78 is 0. The normalized spacial score (nSPS) is 27.3. The molecule has 1 aliphatic carbocycles. The highest BCUT2D eigenvalue weighted by Gasteiger charge is 2.82. The second-order valence-electron chi connectivity index (χ2n) is 3.70. The molecule has 0 heterocycles. The molecule has 0 saturated heterocycles. The van der Waals surface area contributed by atoms with Crippen molar-refractivity contribution in [3.8, 4) is 6.07 Å². The van der Waals surface area contributed by atoms with E-state index in [1.165, 1.54) is 13.8 Å². The molecule has 0 aromatic rings. The number of nitriles is 1. The second-order valence-corrected chi connectivity index (χ2v) is 3.70. The molecular weight excluding hydrogens is 174 g/mol. The molecule has 5 heteroatoms. The zero-order chi connectivity index (χ0) is 10.4. The first kappa shape index (κ1) is 9.52. The molecule has 0 spiro atoms. The molecule has 0 radical (unpaired) electrons. The number of hydrogen-bond acceptors (Lipinski definition) is 3. The Morgan fingerprint density at radius 3 is 1.77 bits per heavy atom. The van der Waals surface area contributed by atoms with Gasteiger partial charge in [0.05, 0.1) is 12.0 Å². The summed E-state index contributed by atoms with van der Waals surface area (Å²) in [6.07, 6.45) is 0. The third-order valence-electron chi connectivity index (χ3n) is 2.89. The second kappa shape index (κ2) is 2.22. The van der Waals surface area contributed by atoms with E-state index in [1.807, 2.05) is 0 Å². The van der Waals surface area contributed by atoms with Crippen molar-refractivity contribution in [2.75, 3.05) is 0 Å². The van der Waals surface area contributed by atoms with Gasteiger partial charge in [-0.1, -0.05) is 13.8 Å². The highest BCUT2D eigenvalue weighted by atomic mass is 16.4. The molecule has 1 saturated carbocycles. The van der Waals surface area contributed by atoms with Crippen molar-refractivity contribution >= 4 is 11.9 Å². The lowest BCUT2D eigenvalue weighted by Gasteiger charge is -2.07. The lowest BCUT2D eigenvalue weighted by Crippen LogP contribution is -2.30. The van der Waals surface area contributed by atoms with Gasteiger partial charge in [-0.3, -0.25) is 9.59 Å². The van der Waals surface area contributed by atoms with Crippen LogP contribution in [0.5, 0.6) is 0 Å².